The Kier molecular flexibility index (Phi) is 8.53. The number of hydrogen-bond donors (Lipinski definition) is 2. The predicted octanol–water partition coefficient (Wildman–Crippen LogP) is 2.58. The van der Waals surface area contributed by atoms with Gasteiger partial charge in [-0.15, -0.1) is 35.3 Å². The van der Waals surface area contributed by atoms with Crippen molar-refractivity contribution in [3.05, 3.63) is 34.0 Å². The average Bonchev–Trinajstić information content (AvgIpc) is 3.10. The normalized spacial score (nSPS) is 12.6. The van der Waals surface area contributed by atoms with Gasteiger partial charge < -0.3 is 10.6 Å². The Hall–Kier alpha value is -1.16. The highest BCUT2D eigenvalue weighted by Crippen LogP contribution is 2.15. The van der Waals surface area contributed by atoms with Gasteiger partial charge in [0.1, 0.15) is 5.01 Å². The smallest absolute Gasteiger partial charge is 0.191 e. The molecular weight excluding hydrogens is 423 g/mol. The molecule has 0 bridgehead atoms. The molecule has 0 radical (unpaired) electrons. The van der Waals surface area contributed by atoms with E-state index in [4.69, 9.17) is 0 Å². The molecule has 0 aliphatic rings. The number of aliphatic imine (C=N–C) groups is 1. The zero-order valence-electron chi connectivity index (χ0n) is 14.0. The highest BCUT2D eigenvalue weighted by atomic mass is 127. The second-order valence-corrected chi connectivity index (χ2v) is 6.68. The maximum absolute atomic E-state index is 4.52. The fourth-order valence-corrected chi connectivity index (χ4v) is 2.93. The van der Waals surface area contributed by atoms with Crippen LogP contribution in [0.3, 0.4) is 0 Å². The predicted molar refractivity (Wildman–Crippen MR) is 107 cm³/mol. The van der Waals surface area contributed by atoms with Gasteiger partial charge in [0.15, 0.2) is 5.96 Å². The molecule has 2 aromatic rings. The van der Waals surface area contributed by atoms with Gasteiger partial charge in [-0.25, -0.2) is 4.98 Å². The molecule has 2 aromatic heterocycles. The summed E-state index contributed by atoms with van der Waals surface area (Å²) in [4.78, 5) is 10.0. The van der Waals surface area contributed by atoms with Crippen LogP contribution >= 0.6 is 35.3 Å². The van der Waals surface area contributed by atoms with Crippen molar-refractivity contribution in [3.63, 3.8) is 0 Å². The Bertz CT molecular complexity index is 588. The number of guanidine groups is 1. The van der Waals surface area contributed by atoms with E-state index >= 15 is 0 Å². The first-order chi connectivity index (χ1) is 10.6. The first kappa shape index (κ1) is 19.9. The molecule has 2 heterocycles. The first-order valence-electron chi connectivity index (χ1n) is 7.43. The van der Waals surface area contributed by atoms with Crippen LogP contribution in [0.2, 0.25) is 0 Å². The number of aryl methyl sites for hydroxylation is 2. The quantitative estimate of drug-likeness (QED) is 0.405. The van der Waals surface area contributed by atoms with Gasteiger partial charge in [0.05, 0.1) is 12.2 Å². The highest BCUT2D eigenvalue weighted by molar-refractivity contribution is 14.0. The minimum atomic E-state index is 0. The van der Waals surface area contributed by atoms with E-state index < -0.39 is 0 Å². The fraction of sp³-hybridized carbons (Fsp3) is 0.533. The number of nitrogens with one attached hydrogen (secondary N) is 2. The van der Waals surface area contributed by atoms with Gasteiger partial charge in [0.25, 0.3) is 0 Å². The standard InChI is InChI=1S/C15H24N6S.HI/c1-11(10-21-7-5-6-19-21)8-17-15(16-4)18-9-14-20-12(2)13(3)22-14;/h5-7,11H,8-10H2,1-4H3,(H2,16,17,18);1H. The molecule has 0 saturated heterocycles. The third-order valence-corrected chi connectivity index (χ3v) is 4.45. The average molecular weight is 448 g/mol. The summed E-state index contributed by atoms with van der Waals surface area (Å²) in [6, 6.07) is 1.94. The molecular formula is C15H25IN6S. The second kappa shape index (κ2) is 9.86. The van der Waals surface area contributed by atoms with Crippen molar-refractivity contribution >= 4 is 41.3 Å². The largest absolute Gasteiger partial charge is 0.356 e. The maximum Gasteiger partial charge on any atom is 0.191 e. The minimum absolute atomic E-state index is 0. The molecule has 128 valence electrons. The van der Waals surface area contributed by atoms with Gasteiger partial charge >= 0.3 is 0 Å². The van der Waals surface area contributed by atoms with Gasteiger partial charge in [-0.1, -0.05) is 6.92 Å². The summed E-state index contributed by atoms with van der Waals surface area (Å²) in [6.45, 7) is 8.76. The van der Waals surface area contributed by atoms with Gasteiger partial charge in [-0.2, -0.15) is 5.10 Å². The summed E-state index contributed by atoms with van der Waals surface area (Å²) in [6.07, 6.45) is 3.79. The lowest BCUT2D eigenvalue weighted by Gasteiger charge is -2.15. The summed E-state index contributed by atoms with van der Waals surface area (Å²) < 4.78 is 1.95. The number of nitrogens with zero attached hydrogens (tertiary/aromatic N) is 4. The summed E-state index contributed by atoms with van der Waals surface area (Å²) in [5, 5.41) is 12.0. The zero-order chi connectivity index (χ0) is 15.9. The lowest BCUT2D eigenvalue weighted by molar-refractivity contribution is 0.443. The molecule has 2 N–H and O–H groups in total. The van der Waals surface area contributed by atoms with E-state index in [-0.39, 0.29) is 24.0 Å². The lowest BCUT2D eigenvalue weighted by atomic mass is 10.2. The summed E-state index contributed by atoms with van der Waals surface area (Å²) >= 11 is 1.73. The van der Waals surface area contributed by atoms with Crippen molar-refractivity contribution in [2.75, 3.05) is 13.6 Å². The Morgan fingerprint density at radius 3 is 2.74 bits per heavy atom. The van der Waals surface area contributed by atoms with Crippen LogP contribution in [0.15, 0.2) is 23.5 Å². The van der Waals surface area contributed by atoms with Gasteiger partial charge in [0, 0.05) is 37.4 Å². The van der Waals surface area contributed by atoms with Crippen LogP contribution in [-0.4, -0.2) is 34.3 Å². The third kappa shape index (κ3) is 6.46. The van der Waals surface area contributed by atoms with E-state index in [1.807, 2.05) is 23.9 Å². The maximum atomic E-state index is 4.52. The molecule has 0 aliphatic carbocycles. The van der Waals surface area contributed by atoms with Crippen LogP contribution in [-0.2, 0) is 13.1 Å². The SMILES string of the molecule is CN=C(NCc1nc(C)c(C)s1)NCC(C)Cn1cccn1.I. The molecule has 6 nitrogen and oxygen atoms in total. The Morgan fingerprint density at radius 2 is 2.17 bits per heavy atom. The molecule has 0 amide bonds. The Labute approximate surface area is 158 Å². The lowest BCUT2D eigenvalue weighted by Crippen LogP contribution is -2.39. The topological polar surface area (TPSA) is 67.1 Å². The monoisotopic (exact) mass is 448 g/mol. The van der Waals surface area contributed by atoms with E-state index in [0.717, 1.165) is 29.8 Å². The molecule has 0 fully saturated rings. The summed E-state index contributed by atoms with van der Waals surface area (Å²) in [5.74, 6) is 1.26. The fourth-order valence-electron chi connectivity index (χ4n) is 2.06. The number of halogens is 1. The van der Waals surface area contributed by atoms with Gasteiger partial charge in [0.2, 0.25) is 0 Å². The first-order valence-corrected chi connectivity index (χ1v) is 8.25. The highest BCUT2D eigenvalue weighted by Gasteiger charge is 2.07. The van der Waals surface area contributed by atoms with Gasteiger partial charge in [-0.3, -0.25) is 9.67 Å². The number of aromatic nitrogens is 3. The molecule has 23 heavy (non-hydrogen) atoms. The summed E-state index contributed by atoms with van der Waals surface area (Å²) in [7, 11) is 1.78. The van der Waals surface area contributed by atoms with Crippen molar-refractivity contribution in [1.82, 2.24) is 25.4 Å². The van der Waals surface area contributed by atoms with Gasteiger partial charge in [-0.05, 0) is 25.8 Å². The molecule has 0 aromatic carbocycles. The molecule has 0 spiro atoms. The van der Waals surface area contributed by atoms with E-state index in [9.17, 15) is 0 Å². The number of rotatable bonds is 6. The van der Waals surface area contributed by atoms with E-state index in [1.165, 1.54) is 4.88 Å². The van der Waals surface area contributed by atoms with E-state index in [2.05, 4.69) is 39.6 Å². The minimum Gasteiger partial charge on any atom is -0.356 e. The van der Waals surface area contributed by atoms with Crippen molar-refractivity contribution in [1.29, 1.82) is 0 Å². The van der Waals surface area contributed by atoms with E-state index in [1.54, 1.807) is 24.6 Å². The zero-order valence-corrected chi connectivity index (χ0v) is 17.2. The van der Waals surface area contributed by atoms with Crippen LogP contribution in [0, 0.1) is 19.8 Å². The molecule has 0 aliphatic heterocycles. The van der Waals surface area contributed by atoms with Crippen molar-refractivity contribution < 1.29 is 0 Å². The third-order valence-electron chi connectivity index (χ3n) is 3.38. The van der Waals surface area contributed by atoms with Crippen LogP contribution in [0.4, 0.5) is 0 Å². The molecule has 1 atom stereocenters. The van der Waals surface area contributed by atoms with Crippen LogP contribution in [0.25, 0.3) is 0 Å². The van der Waals surface area contributed by atoms with Crippen LogP contribution < -0.4 is 10.6 Å². The van der Waals surface area contributed by atoms with Crippen molar-refractivity contribution in [3.8, 4) is 0 Å². The molecule has 8 heteroatoms. The molecule has 0 saturated carbocycles. The summed E-state index contributed by atoms with van der Waals surface area (Å²) in [5.41, 5.74) is 1.11. The van der Waals surface area contributed by atoms with Crippen LogP contribution in [0.1, 0.15) is 22.5 Å². The number of thiazole rings is 1. The van der Waals surface area contributed by atoms with Crippen LogP contribution in [0.5, 0.6) is 0 Å². The van der Waals surface area contributed by atoms with E-state index in [0.29, 0.717) is 12.5 Å². The Balaban J connectivity index is 0.00000264. The molecule has 1 unspecified atom stereocenters. The molecule has 2 rings (SSSR count). The van der Waals surface area contributed by atoms with Crippen molar-refractivity contribution in [2.24, 2.45) is 10.9 Å². The Morgan fingerprint density at radius 1 is 1.39 bits per heavy atom. The number of hydrogen-bond acceptors (Lipinski definition) is 4. The second-order valence-electron chi connectivity index (χ2n) is 5.39. The van der Waals surface area contributed by atoms with Crippen molar-refractivity contribution in [2.45, 2.75) is 33.9 Å².